The van der Waals surface area contributed by atoms with Crippen LogP contribution in [0.15, 0.2) is 0 Å². The normalized spacial score (nSPS) is 44.9. The molecule has 0 radical (unpaired) electrons. The highest BCUT2D eigenvalue weighted by Crippen LogP contribution is 2.51. The third kappa shape index (κ3) is 1.63. The summed E-state index contributed by atoms with van der Waals surface area (Å²) in [5.41, 5.74) is -0.248. The summed E-state index contributed by atoms with van der Waals surface area (Å²) in [6.07, 6.45) is 4.17. The van der Waals surface area contributed by atoms with Gasteiger partial charge in [0.1, 0.15) is 5.60 Å². The van der Waals surface area contributed by atoms with E-state index in [1.165, 1.54) is 0 Å². The van der Waals surface area contributed by atoms with Crippen molar-refractivity contribution in [3.05, 3.63) is 0 Å². The average Bonchev–Trinajstić information content (AvgIpc) is 2.11. The minimum Gasteiger partial charge on any atom is -0.364 e. The minimum atomic E-state index is -0.501. The molecule has 15 heavy (non-hydrogen) atoms. The van der Waals surface area contributed by atoms with E-state index >= 15 is 0 Å². The summed E-state index contributed by atoms with van der Waals surface area (Å²) >= 11 is 0. The van der Waals surface area contributed by atoms with Crippen LogP contribution in [0.5, 0.6) is 0 Å². The molecule has 0 bridgehead atoms. The monoisotopic (exact) mass is 210 g/mol. The SMILES string of the molecule is C[C@H]1CC[C@@H]2C(C)(C)CCC(=O)[C@]2(C)O1. The molecule has 2 heteroatoms. The lowest BCUT2D eigenvalue weighted by Gasteiger charge is -2.53. The van der Waals surface area contributed by atoms with Crippen LogP contribution >= 0.6 is 0 Å². The number of rotatable bonds is 0. The van der Waals surface area contributed by atoms with Crippen LogP contribution in [0.25, 0.3) is 0 Å². The van der Waals surface area contributed by atoms with Crippen LogP contribution in [-0.2, 0) is 9.53 Å². The van der Waals surface area contributed by atoms with Gasteiger partial charge >= 0.3 is 0 Å². The number of fused-ring (bicyclic) bond motifs is 1. The van der Waals surface area contributed by atoms with Crippen molar-refractivity contribution < 1.29 is 9.53 Å². The Morgan fingerprint density at radius 1 is 1.27 bits per heavy atom. The van der Waals surface area contributed by atoms with Crippen molar-refractivity contribution in [3.63, 3.8) is 0 Å². The molecule has 1 saturated carbocycles. The lowest BCUT2D eigenvalue weighted by atomic mass is 9.58. The van der Waals surface area contributed by atoms with Crippen molar-refractivity contribution in [2.75, 3.05) is 0 Å². The van der Waals surface area contributed by atoms with Gasteiger partial charge in [0.15, 0.2) is 5.78 Å². The Bertz CT molecular complexity index is 282. The van der Waals surface area contributed by atoms with Gasteiger partial charge in [0.05, 0.1) is 6.10 Å². The van der Waals surface area contributed by atoms with Gasteiger partial charge in [-0.1, -0.05) is 13.8 Å². The van der Waals surface area contributed by atoms with Crippen LogP contribution < -0.4 is 0 Å². The number of carbonyl (C=O) groups is 1. The van der Waals surface area contributed by atoms with Crippen molar-refractivity contribution in [1.29, 1.82) is 0 Å². The number of ketones is 1. The molecule has 1 saturated heterocycles. The predicted molar refractivity (Wildman–Crippen MR) is 59.7 cm³/mol. The van der Waals surface area contributed by atoms with E-state index in [0.29, 0.717) is 18.1 Å². The van der Waals surface area contributed by atoms with E-state index in [2.05, 4.69) is 20.8 Å². The minimum absolute atomic E-state index is 0.240. The molecule has 1 heterocycles. The van der Waals surface area contributed by atoms with Gasteiger partial charge in [0.2, 0.25) is 0 Å². The third-order valence-corrected chi connectivity index (χ3v) is 4.47. The molecule has 0 N–H and O–H groups in total. The lowest BCUT2D eigenvalue weighted by molar-refractivity contribution is -0.196. The highest BCUT2D eigenvalue weighted by atomic mass is 16.5. The molecular weight excluding hydrogens is 188 g/mol. The van der Waals surface area contributed by atoms with E-state index in [1.807, 2.05) is 6.92 Å². The van der Waals surface area contributed by atoms with Gasteiger partial charge in [0, 0.05) is 12.3 Å². The summed E-state index contributed by atoms with van der Waals surface area (Å²) in [5, 5.41) is 0. The van der Waals surface area contributed by atoms with Crippen LogP contribution in [0.3, 0.4) is 0 Å². The molecule has 3 atom stereocenters. The second kappa shape index (κ2) is 3.31. The van der Waals surface area contributed by atoms with E-state index < -0.39 is 5.60 Å². The molecule has 0 aromatic carbocycles. The summed E-state index contributed by atoms with van der Waals surface area (Å²) in [7, 11) is 0. The summed E-state index contributed by atoms with van der Waals surface area (Å²) in [6.45, 7) is 8.65. The maximum absolute atomic E-state index is 12.1. The fraction of sp³-hybridized carbons (Fsp3) is 0.923. The van der Waals surface area contributed by atoms with Gasteiger partial charge in [-0.05, 0) is 38.5 Å². The van der Waals surface area contributed by atoms with E-state index in [4.69, 9.17) is 4.74 Å². The molecular formula is C13H22O2. The zero-order chi connectivity index (χ0) is 11.3. The predicted octanol–water partition coefficient (Wildman–Crippen LogP) is 2.95. The number of carbonyl (C=O) groups excluding carboxylic acids is 1. The molecule has 1 aliphatic carbocycles. The zero-order valence-electron chi connectivity index (χ0n) is 10.3. The van der Waals surface area contributed by atoms with Crippen molar-refractivity contribution in [1.82, 2.24) is 0 Å². The molecule has 0 spiro atoms. The molecule has 2 aliphatic rings. The molecule has 2 nitrogen and oxygen atoms in total. The standard InChI is InChI=1S/C13H22O2/c1-9-5-6-10-12(2,3)8-7-11(14)13(10,4)15-9/h9-10H,5-8H2,1-4H3/t9-,10+,13+/m0/s1. The van der Waals surface area contributed by atoms with Gasteiger partial charge in [-0.15, -0.1) is 0 Å². The lowest BCUT2D eigenvalue weighted by Crippen LogP contribution is -2.58. The van der Waals surface area contributed by atoms with Gasteiger partial charge in [-0.25, -0.2) is 0 Å². The summed E-state index contributed by atoms with van der Waals surface area (Å²) in [4.78, 5) is 12.1. The molecule has 86 valence electrons. The van der Waals surface area contributed by atoms with Crippen LogP contribution in [0.4, 0.5) is 0 Å². The van der Waals surface area contributed by atoms with Crippen LogP contribution in [0.1, 0.15) is 53.4 Å². The molecule has 0 amide bonds. The first-order valence-electron chi connectivity index (χ1n) is 6.07. The Labute approximate surface area is 92.4 Å². The van der Waals surface area contributed by atoms with Crippen LogP contribution in [0, 0.1) is 11.3 Å². The maximum atomic E-state index is 12.1. The number of Topliss-reactive ketones (excluding diaryl/α,β-unsaturated/α-hetero) is 1. The molecule has 0 unspecified atom stereocenters. The van der Waals surface area contributed by atoms with Crippen molar-refractivity contribution in [3.8, 4) is 0 Å². The summed E-state index contributed by atoms with van der Waals surface area (Å²) in [6, 6.07) is 0. The average molecular weight is 210 g/mol. The molecule has 2 fully saturated rings. The Kier molecular flexibility index (Phi) is 2.45. The molecule has 1 aliphatic heterocycles. The fourth-order valence-corrected chi connectivity index (χ4v) is 3.49. The van der Waals surface area contributed by atoms with Crippen molar-refractivity contribution in [2.45, 2.75) is 65.1 Å². The Hall–Kier alpha value is -0.370. The Morgan fingerprint density at radius 2 is 1.93 bits per heavy atom. The van der Waals surface area contributed by atoms with Gasteiger partial charge in [-0.3, -0.25) is 4.79 Å². The Morgan fingerprint density at radius 3 is 2.60 bits per heavy atom. The zero-order valence-corrected chi connectivity index (χ0v) is 10.3. The highest BCUT2D eigenvalue weighted by Gasteiger charge is 2.54. The number of ether oxygens (including phenoxy) is 1. The second-order valence-corrected chi connectivity index (χ2v) is 6.08. The van der Waals surface area contributed by atoms with Gasteiger partial charge < -0.3 is 4.74 Å². The summed E-state index contributed by atoms with van der Waals surface area (Å²) in [5.74, 6) is 0.723. The largest absolute Gasteiger partial charge is 0.364 e. The molecule has 0 aromatic rings. The molecule has 2 rings (SSSR count). The smallest absolute Gasteiger partial charge is 0.164 e. The van der Waals surface area contributed by atoms with Crippen molar-refractivity contribution >= 4 is 5.78 Å². The Balaban J connectivity index is 2.32. The first-order chi connectivity index (χ1) is 6.86. The van der Waals surface area contributed by atoms with Crippen LogP contribution in [-0.4, -0.2) is 17.5 Å². The first-order valence-corrected chi connectivity index (χ1v) is 6.07. The van der Waals surface area contributed by atoms with Gasteiger partial charge in [-0.2, -0.15) is 0 Å². The maximum Gasteiger partial charge on any atom is 0.164 e. The van der Waals surface area contributed by atoms with Crippen molar-refractivity contribution in [2.24, 2.45) is 11.3 Å². The second-order valence-electron chi connectivity index (χ2n) is 6.08. The van der Waals surface area contributed by atoms with E-state index in [-0.39, 0.29) is 11.5 Å². The first kappa shape index (κ1) is 11.1. The highest BCUT2D eigenvalue weighted by molar-refractivity contribution is 5.88. The van der Waals surface area contributed by atoms with Gasteiger partial charge in [0.25, 0.3) is 0 Å². The number of hydrogen-bond acceptors (Lipinski definition) is 2. The topological polar surface area (TPSA) is 26.3 Å². The quantitative estimate of drug-likeness (QED) is 0.614. The summed E-state index contributed by atoms with van der Waals surface area (Å²) < 4.78 is 5.98. The fourth-order valence-electron chi connectivity index (χ4n) is 3.49. The molecule has 0 aromatic heterocycles. The third-order valence-electron chi connectivity index (χ3n) is 4.47. The number of hydrogen-bond donors (Lipinski definition) is 0. The van der Waals surface area contributed by atoms with E-state index in [9.17, 15) is 4.79 Å². The van der Waals surface area contributed by atoms with Crippen LogP contribution in [0.2, 0.25) is 0 Å². The van der Waals surface area contributed by atoms with E-state index in [1.54, 1.807) is 0 Å². The van der Waals surface area contributed by atoms with E-state index in [0.717, 1.165) is 19.3 Å².